The summed E-state index contributed by atoms with van der Waals surface area (Å²) in [7, 11) is 0. The number of hydrogen-bond donors (Lipinski definition) is 0. The van der Waals surface area contributed by atoms with E-state index in [-0.39, 0.29) is 5.38 Å². The molecule has 3 aromatic rings. The molecule has 1 aromatic heterocycles. The maximum atomic E-state index is 6.83. The molecule has 1 atom stereocenters. The Balaban J connectivity index is 1.91. The van der Waals surface area contributed by atoms with Crippen molar-refractivity contribution in [2.75, 3.05) is 0 Å². The van der Waals surface area contributed by atoms with E-state index in [1.165, 1.54) is 55.6 Å². The molecular formula is C19H17ClS. The number of rotatable bonds is 2. The second-order valence-corrected chi connectivity index (χ2v) is 7.63. The second kappa shape index (κ2) is 4.86. The Labute approximate surface area is 134 Å². The monoisotopic (exact) mass is 312 g/mol. The summed E-state index contributed by atoms with van der Waals surface area (Å²) in [6.07, 6.45) is 2.33. The Morgan fingerprint density at radius 2 is 1.81 bits per heavy atom. The zero-order valence-corrected chi connectivity index (χ0v) is 13.8. The van der Waals surface area contributed by atoms with E-state index in [1.54, 1.807) is 0 Å². The van der Waals surface area contributed by atoms with Gasteiger partial charge in [-0.1, -0.05) is 30.3 Å². The molecule has 2 heteroatoms. The average Bonchev–Trinajstić information content (AvgIpc) is 3.05. The summed E-state index contributed by atoms with van der Waals surface area (Å²) >= 11 is 8.65. The first kappa shape index (κ1) is 13.4. The molecule has 2 aromatic carbocycles. The third-order valence-corrected chi connectivity index (χ3v) is 6.44. The van der Waals surface area contributed by atoms with Gasteiger partial charge in [0.15, 0.2) is 0 Å². The lowest BCUT2D eigenvalue weighted by Crippen LogP contribution is -1.93. The lowest BCUT2D eigenvalue weighted by atomic mass is 9.97. The van der Waals surface area contributed by atoms with Crippen LogP contribution in [0.25, 0.3) is 10.8 Å². The molecule has 0 radical (unpaired) electrons. The molecule has 106 valence electrons. The van der Waals surface area contributed by atoms with Gasteiger partial charge in [0.1, 0.15) is 0 Å². The molecule has 1 unspecified atom stereocenters. The molecule has 1 heterocycles. The average molecular weight is 313 g/mol. The SMILES string of the molecule is Cc1cc(C(Cl)c2ccc3c4c(cccc24)CC3)sc1C. The van der Waals surface area contributed by atoms with Crippen LogP contribution in [0.3, 0.4) is 0 Å². The summed E-state index contributed by atoms with van der Waals surface area (Å²) in [5, 5.41) is 2.74. The molecule has 4 rings (SSSR count). The molecule has 0 aliphatic heterocycles. The highest BCUT2D eigenvalue weighted by Crippen LogP contribution is 2.41. The van der Waals surface area contributed by atoms with Gasteiger partial charge in [-0.3, -0.25) is 0 Å². The van der Waals surface area contributed by atoms with Crippen LogP contribution >= 0.6 is 22.9 Å². The molecule has 1 aliphatic carbocycles. The molecule has 0 saturated heterocycles. The molecule has 0 fully saturated rings. The molecule has 0 N–H and O–H groups in total. The Bertz CT molecular complexity index is 814. The third-order valence-electron chi connectivity index (χ3n) is 4.62. The van der Waals surface area contributed by atoms with Gasteiger partial charge in [0, 0.05) is 9.75 Å². The van der Waals surface area contributed by atoms with Crippen LogP contribution in [0, 0.1) is 13.8 Å². The van der Waals surface area contributed by atoms with Crippen molar-refractivity contribution in [1.29, 1.82) is 0 Å². The summed E-state index contributed by atoms with van der Waals surface area (Å²) in [6.45, 7) is 4.33. The first-order chi connectivity index (χ1) is 10.1. The maximum Gasteiger partial charge on any atom is 0.0933 e. The standard InChI is InChI=1S/C19H17ClS/c1-11-10-17(21-12(11)2)19(20)16-9-8-14-7-6-13-4-3-5-15(16)18(13)14/h3-5,8-10,19H,6-7H2,1-2H3. The molecule has 0 bridgehead atoms. The van der Waals surface area contributed by atoms with E-state index >= 15 is 0 Å². The lowest BCUT2D eigenvalue weighted by Gasteiger charge is -2.13. The quantitative estimate of drug-likeness (QED) is 0.513. The molecule has 0 nitrogen and oxygen atoms in total. The molecule has 1 aliphatic rings. The number of benzene rings is 2. The van der Waals surface area contributed by atoms with E-state index in [2.05, 4.69) is 50.2 Å². The summed E-state index contributed by atoms with van der Waals surface area (Å²) in [6, 6.07) is 13.4. The van der Waals surface area contributed by atoms with Crippen molar-refractivity contribution in [2.45, 2.75) is 32.1 Å². The first-order valence-corrected chi connectivity index (χ1v) is 8.65. The Morgan fingerprint density at radius 3 is 2.52 bits per heavy atom. The van der Waals surface area contributed by atoms with E-state index in [0.29, 0.717) is 0 Å². The fourth-order valence-corrected chi connectivity index (χ4v) is 4.80. The van der Waals surface area contributed by atoms with Crippen molar-refractivity contribution < 1.29 is 0 Å². The van der Waals surface area contributed by atoms with Gasteiger partial charge in [-0.15, -0.1) is 22.9 Å². The molecule has 0 saturated carbocycles. The minimum absolute atomic E-state index is 0.0488. The predicted octanol–water partition coefficient (Wildman–Crippen LogP) is 5.94. The highest BCUT2D eigenvalue weighted by atomic mass is 35.5. The van der Waals surface area contributed by atoms with Crippen molar-refractivity contribution in [3.63, 3.8) is 0 Å². The predicted molar refractivity (Wildman–Crippen MR) is 92.8 cm³/mol. The highest BCUT2D eigenvalue weighted by molar-refractivity contribution is 7.12. The first-order valence-electron chi connectivity index (χ1n) is 7.39. The van der Waals surface area contributed by atoms with Gasteiger partial charge in [-0.05, 0) is 65.8 Å². The normalized spacial score (nSPS) is 14.8. The van der Waals surface area contributed by atoms with Crippen LogP contribution in [-0.4, -0.2) is 0 Å². The lowest BCUT2D eigenvalue weighted by molar-refractivity contribution is 1.02. The largest absolute Gasteiger partial charge is 0.143 e. The van der Waals surface area contributed by atoms with Gasteiger partial charge >= 0.3 is 0 Å². The number of aryl methyl sites for hydroxylation is 4. The fourth-order valence-electron chi connectivity index (χ4n) is 3.37. The van der Waals surface area contributed by atoms with Gasteiger partial charge < -0.3 is 0 Å². The van der Waals surface area contributed by atoms with Crippen LogP contribution in [0.5, 0.6) is 0 Å². The summed E-state index contributed by atoms with van der Waals surface area (Å²) in [5.41, 5.74) is 5.55. The van der Waals surface area contributed by atoms with Gasteiger partial charge in [-0.25, -0.2) is 0 Å². The van der Waals surface area contributed by atoms with Gasteiger partial charge in [0.2, 0.25) is 0 Å². The van der Waals surface area contributed by atoms with Crippen LogP contribution in [0.15, 0.2) is 36.4 Å². The van der Waals surface area contributed by atoms with Crippen molar-refractivity contribution in [3.05, 3.63) is 68.4 Å². The number of hydrogen-bond acceptors (Lipinski definition) is 1. The van der Waals surface area contributed by atoms with E-state index in [0.717, 1.165) is 0 Å². The Morgan fingerprint density at radius 1 is 1.05 bits per heavy atom. The number of alkyl halides is 1. The van der Waals surface area contributed by atoms with Gasteiger partial charge in [-0.2, -0.15) is 0 Å². The van der Waals surface area contributed by atoms with Gasteiger partial charge in [0.25, 0.3) is 0 Å². The third kappa shape index (κ3) is 2.03. The zero-order valence-electron chi connectivity index (χ0n) is 12.2. The second-order valence-electron chi connectivity index (χ2n) is 5.90. The van der Waals surface area contributed by atoms with Crippen LogP contribution in [0.1, 0.15) is 37.4 Å². The highest BCUT2D eigenvalue weighted by Gasteiger charge is 2.21. The van der Waals surface area contributed by atoms with Crippen LogP contribution in [0.2, 0.25) is 0 Å². The van der Waals surface area contributed by atoms with Crippen LogP contribution in [0.4, 0.5) is 0 Å². The topological polar surface area (TPSA) is 0 Å². The van der Waals surface area contributed by atoms with E-state index < -0.39 is 0 Å². The summed E-state index contributed by atoms with van der Waals surface area (Å²) in [4.78, 5) is 2.62. The fraction of sp³-hybridized carbons (Fsp3) is 0.263. The van der Waals surface area contributed by atoms with Crippen molar-refractivity contribution in [3.8, 4) is 0 Å². The van der Waals surface area contributed by atoms with Gasteiger partial charge in [0.05, 0.1) is 5.38 Å². The zero-order chi connectivity index (χ0) is 14.6. The van der Waals surface area contributed by atoms with Crippen molar-refractivity contribution >= 4 is 33.7 Å². The summed E-state index contributed by atoms with van der Waals surface area (Å²) in [5.74, 6) is 0. The Hall–Kier alpha value is -1.31. The molecular weight excluding hydrogens is 296 g/mol. The minimum atomic E-state index is -0.0488. The molecule has 0 spiro atoms. The van der Waals surface area contributed by atoms with Crippen molar-refractivity contribution in [1.82, 2.24) is 0 Å². The smallest absolute Gasteiger partial charge is 0.0933 e. The number of thiophene rings is 1. The Kier molecular flexibility index (Phi) is 3.09. The molecule has 0 amide bonds. The maximum absolute atomic E-state index is 6.83. The van der Waals surface area contributed by atoms with E-state index in [4.69, 9.17) is 11.6 Å². The van der Waals surface area contributed by atoms with Crippen LogP contribution in [-0.2, 0) is 12.8 Å². The van der Waals surface area contributed by atoms with E-state index in [1.807, 2.05) is 11.3 Å². The van der Waals surface area contributed by atoms with Crippen molar-refractivity contribution in [2.24, 2.45) is 0 Å². The van der Waals surface area contributed by atoms with Crippen LogP contribution < -0.4 is 0 Å². The molecule has 21 heavy (non-hydrogen) atoms. The minimum Gasteiger partial charge on any atom is -0.143 e. The van der Waals surface area contributed by atoms with E-state index in [9.17, 15) is 0 Å². The number of halogens is 1. The summed E-state index contributed by atoms with van der Waals surface area (Å²) < 4.78 is 0.